The lowest BCUT2D eigenvalue weighted by molar-refractivity contribution is 0.0561. The molecule has 0 fully saturated rings. The second-order valence-electron chi connectivity index (χ2n) is 4.69. The lowest BCUT2D eigenvalue weighted by Gasteiger charge is -2.12. The van der Waals surface area contributed by atoms with Crippen molar-refractivity contribution in [2.24, 2.45) is 21.7 Å². The van der Waals surface area contributed by atoms with Crippen LogP contribution in [-0.4, -0.2) is 32.4 Å². The highest BCUT2D eigenvalue weighted by molar-refractivity contribution is 5.86. The summed E-state index contributed by atoms with van der Waals surface area (Å²) >= 11 is 0. The Kier molecular flexibility index (Phi) is 5.99. The maximum Gasteiger partial charge on any atom is 0.373 e. The molecule has 0 aliphatic heterocycles. The van der Waals surface area contributed by atoms with Crippen LogP contribution in [0.1, 0.15) is 21.9 Å². The zero-order valence-electron chi connectivity index (χ0n) is 13.8. The molecule has 0 aliphatic carbocycles. The van der Waals surface area contributed by atoms with Crippen LogP contribution in [0.5, 0.6) is 11.5 Å². The normalized spacial score (nSPS) is 10.5. The predicted molar refractivity (Wildman–Crippen MR) is 90.8 cm³/mol. The van der Waals surface area contributed by atoms with Gasteiger partial charge < -0.3 is 30.1 Å². The quantitative estimate of drug-likeness (QED) is 0.333. The number of carbonyl (C=O) groups is 1. The van der Waals surface area contributed by atoms with Crippen LogP contribution in [-0.2, 0) is 11.3 Å². The van der Waals surface area contributed by atoms with Crippen molar-refractivity contribution in [1.29, 1.82) is 0 Å². The van der Waals surface area contributed by atoms with Gasteiger partial charge in [0.25, 0.3) is 0 Å². The molecule has 2 aromatic rings. The molecule has 0 spiro atoms. The SMILES string of the molecule is COC(=O)c1ccc(COc2c(C=NN=C(N)N)cccc2OC)o1. The molecule has 0 amide bonds. The molecule has 4 N–H and O–H groups in total. The molecule has 25 heavy (non-hydrogen) atoms. The van der Waals surface area contributed by atoms with Crippen molar-refractivity contribution in [2.75, 3.05) is 14.2 Å². The molecule has 9 nitrogen and oxygen atoms in total. The Morgan fingerprint density at radius 2 is 2.04 bits per heavy atom. The maximum absolute atomic E-state index is 11.4. The Balaban J connectivity index is 2.19. The van der Waals surface area contributed by atoms with Crippen LogP contribution in [0.3, 0.4) is 0 Å². The average molecular weight is 346 g/mol. The second kappa shape index (κ2) is 8.39. The fourth-order valence-electron chi connectivity index (χ4n) is 1.92. The minimum atomic E-state index is -0.561. The largest absolute Gasteiger partial charge is 0.493 e. The standard InChI is InChI=1S/C16H18N4O5/c1-22-12-5-3-4-10(8-19-20-16(17)18)14(12)24-9-11-6-7-13(25-11)15(21)23-2/h3-8H,9H2,1-2H3,(H4,17,18,20). The first kappa shape index (κ1) is 17.9. The lowest BCUT2D eigenvalue weighted by Crippen LogP contribution is -2.21. The first-order valence-corrected chi connectivity index (χ1v) is 7.14. The van der Waals surface area contributed by atoms with E-state index in [0.717, 1.165) is 0 Å². The van der Waals surface area contributed by atoms with Crippen molar-refractivity contribution >= 4 is 18.1 Å². The first-order chi connectivity index (χ1) is 12.0. The van der Waals surface area contributed by atoms with Gasteiger partial charge in [0.15, 0.2) is 11.5 Å². The van der Waals surface area contributed by atoms with Crippen molar-refractivity contribution < 1.29 is 23.4 Å². The molecular weight excluding hydrogens is 328 g/mol. The van der Waals surface area contributed by atoms with Gasteiger partial charge in [0, 0.05) is 5.56 Å². The van der Waals surface area contributed by atoms with Crippen LogP contribution in [0.2, 0.25) is 0 Å². The number of nitrogens with two attached hydrogens (primary N) is 2. The zero-order chi connectivity index (χ0) is 18.2. The van der Waals surface area contributed by atoms with Gasteiger partial charge in [0.1, 0.15) is 12.4 Å². The van der Waals surface area contributed by atoms with E-state index in [2.05, 4.69) is 14.9 Å². The Morgan fingerprint density at radius 1 is 1.24 bits per heavy atom. The topological polar surface area (TPSA) is 135 Å². The Labute approximate surface area is 143 Å². The minimum absolute atomic E-state index is 0.0699. The summed E-state index contributed by atoms with van der Waals surface area (Å²) in [6.45, 7) is 0.0699. The summed E-state index contributed by atoms with van der Waals surface area (Å²) < 4.78 is 21.0. The number of esters is 1. The van der Waals surface area contributed by atoms with Crippen molar-refractivity contribution in [1.82, 2.24) is 0 Å². The fraction of sp³-hybridized carbons (Fsp3) is 0.188. The summed E-state index contributed by atoms with van der Waals surface area (Å²) in [6.07, 6.45) is 1.43. The Bertz CT molecular complexity index is 794. The number of guanidine groups is 1. The van der Waals surface area contributed by atoms with E-state index in [0.29, 0.717) is 22.8 Å². The third-order valence-corrected chi connectivity index (χ3v) is 3.01. The van der Waals surface area contributed by atoms with Gasteiger partial charge in [-0.05, 0) is 24.3 Å². The molecule has 0 saturated carbocycles. The summed E-state index contributed by atoms with van der Waals surface area (Å²) in [6, 6.07) is 8.38. The lowest BCUT2D eigenvalue weighted by atomic mass is 10.2. The summed E-state index contributed by atoms with van der Waals surface area (Å²) in [5, 5.41) is 7.31. The summed E-state index contributed by atoms with van der Waals surface area (Å²) in [5.41, 5.74) is 11.1. The van der Waals surface area contributed by atoms with Crippen molar-refractivity contribution in [2.45, 2.75) is 6.61 Å². The van der Waals surface area contributed by atoms with Crippen LogP contribution >= 0.6 is 0 Å². The van der Waals surface area contributed by atoms with E-state index in [1.165, 1.54) is 26.5 Å². The average Bonchev–Trinajstić information content (AvgIpc) is 3.08. The highest BCUT2D eigenvalue weighted by atomic mass is 16.5. The molecule has 1 aromatic carbocycles. The molecule has 2 rings (SSSR count). The van der Waals surface area contributed by atoms with Crippen LogP contribution < -0.4 is 20.9 Å². The highest BCUT2D eigenvalue weighted by Crippen LogP contribution is 2.31. The number of carbonyl (C=O) groups excluding carboxylic acids is 1. The number of benzene rings is 1. The van der Waals surface area contributed by atoms with Crippen molar-refractivity contribution in [3.63, 3.8) is 0 Å². The van der Waals surface area contributed by atoms with E-state index in [1.54, 1.807) is 24.3 Å². The predicted octanol–water partition coefficient (Wildman–Crippen LogP) is 1.26. The van der Waals surface area contributed by atoms with E-state index in [9.17, 15) is 4.79 Å². The van der Waals surface area contributed by atoms with E-state index in [1.807, 2.05) is 0 Å². The zero-order valence-corrected chi connectivity index (χ0v) is 13.8. The number of ether oxygens (including phenoxy) is 3. The summed E-state index contributed by atoms with van der Waals surface area (Å²) in [5.74, 6) is 0.735. The third kappa shape index (κ3) is 4.74. The van der Waals surface area contributed by atoms with Crippen molar-refractivity contribution in [3.05, 3.63) is 47.4 Å². The number of nitrogens with zero attached hydrogens (tertiary/aromatic N) is 2. The van der Waals surface area contributed by atoms with Gasteiger partial charge in [-0.2, -0.15) is 5.10 Å². The second-order valence-corrected chi connectivity index (χ2v) is 4.69. The molecule has 0 aliphatic rings. The smallest absolute Gasteiger partial charge is 0.373 e. The van der Waals surface area contributed by atoms with Gasteiger partial charge in [0.05, 0.1) is 20.4 Å². The van der Waals surface area contributed by atoms with Gasteiger partial charge in [-0.15, -0.1) is 5.10 Å². The number of methoxy groups -OCH3 is 2. The Hall–Kier alpha value is -3.49. The van der Waals surface area contributed by atoms with E-state index in [-0.39, 0.29) is 18.3 Å². The maximum atomic E-state index is 11.4. The summed E-state index contributed by atoms with van der Waals surface area (Å²) in [7, 11) is 2.79. The summed E-state index contributed by atoms with van der Waals surface area (Å²) in [4.78, 5) is 11.4. The van der Waals surface area contributed by atoms with Gasteiger partial charge in [0.2, 0.25) is 11.7 Å². The molecule has 0 atom stereocenters. The molecule has 0 unspecified atom stereocenters. The van der Waals surface area contributed by atoms with Crippen LogP contribution in [0, 0.1) is 0 Å². The van der Waals surface area contributed by atoms with Gasteiger partial charge in [-0.1, -0.05) is 6.07 Å². The van der Waals surface area contributed by atoms with E-state index in [4.69, 9.17) is 25.4 Å². The monoisotopic (exact) mass is 346 g/mol. The van der Waals surface area contributed by atoms with Gasteiger partial charge >= 0.3 is 5.97 Å². The van der Waals surface area contributed by atoms with Crippen LogP contribution in [0.4, 0.5) is 0 Å². The number of hydrogen-bond acceptors (Lipinski definition) is 7. The molecular formula is C16H18N4O5. The van der Waals surface area contributed by atoms with Gasteiger partial charge in [-0.3, -0.25) is 0 Å². The van der Waals surface area contributed by atoms with Crippen LogP contribution in [0.15, 0.2) is 45.0 Å². The van der Waals surface area contributed by atoms with Gasteiger partial charge in [-0.25, -0.2) is 4.79 Å². The fourth-order valence-corrected chi connectivity index (χ4v) is 1.92. The van der Waals surface area contributed by atoms with Crippen molar-refractivity contribution in [3.8, 4) is 11.5 Å². The number of para-hydroxylation sites is 1. The molecule has 0 radical (unpaired) electrons. The number of furan rings is 1. The molecule has 0 saturated heterocycles. The molecule has 132 valence electrons. The van der Waals surface area contributed by atoms with E-state index < -0.39 is 5.97 Å². The van der Waals surface area contributed by atoms with E-state index >= 15 is 0 Å². The molecule has 1 heterocycles. The molecule has 1 aromatic heterocycles. The number of hydrogen-bond donors (Lipinski definition) is 2. The molecule has 0 bridgehead atoms. The highest BCUT2D eigenvalue weighted by Gasteiger charge is 2.14. The Morgan fingerprint density at radius 3 is 2.72 bits per heavy atom. The number of rotatable bonds is 7. The first-order valence-electron chi connectivity index (χ1n) is 7.14. The molecule has 9 heteroatoms. The minimum Gasteiger partial charge on any atom is -0.493 e. The van der Waals surface area contributed by atoms with Crippen LogP contribution in [0.25, 0.3) is 0 Å². The third-order valence-electron chi connectivity index (χ3n) is 3.01.